The van der Waals surface area contributed by atoms with Crippen LogP contribution in [0.25, 0.3) is 0 Å². The molecule has 1 unspecified atom stereocenters. The molecule has 2 heterocycles. The van der Waals surface area contributed by atoms with Crippen LogP contribution in [0.2, 0.25) is 0 Å². The second kappa shape index (κ2) is 6.22. The Balaban J connectivity index is 1.35. The van der Waals surface area contributed by atoms with E-state index in [9.17, 15) is 4.79 Å². The van der Waals surface area contributed by atoms with Crippen LogP contribution >= 0.6 is 0 Å². The van der Waals surface area contributed by atoms with E-state index in [-0.39, 0.29) is 5.91 Å². The lowest BCUT2D eigenvalue weighted by molar-refractivity contribution is 0.00803. The van der Waals surface area contributed by atoms with Gasteiger partial charge in [-0.2, -0.15) is 0 Å². The molecule has 0 spiro atoms. The molecule has 1 aromatic heterocycles. The molecule has 3 aliphatic carbocycles. The Kier molecular flexibility index (Phi) is 4.25. The largest absolute Gasteiger partial charge is 0.368 e. The monoisotopic (exact) mass is 356 g/mol. The fourth-order valence-electron chi connectivity index (χ4n) is 5.44. The van der Waals surface area contributed by atoms with Gasteiger partial charge in [-0.1, -0.05) is 20.8 Å². The zero-order chi connectivity index (χ0) is 18.5. The molecule has 1 amide bonds. The molecule has 3 saturated carbocycles. The molecular formula is C21H32N4O. The van der Waals surface area contributed by atoms with E-state index in [0.29, 0.717) is 16.5 Å². The third kappa shape index (κ3) is 2.81. The van der Waals surface area contributed by atoms with Crippen molar-refractivity contribution in [2.75, 3.05) is 38.1 Å². The molecule has 5 rings (SSSR count). The number of carbonyl (C=O) groups excluding carboxylic acids is 1. The van der Waals surface area contributed by atoms with Crippen LogP contribution in [0.3, 0.4) is 0 Å². The topological polar surface area (TPSA) is 48.5 Å². The van der Waals surface area contributed by atoms with Crippen molar-refractivity contribution in [2.24, 2.45) is 16.7 Å². The molecule has 0 radical (unpaired) electrons. The van der Waals surface area contributed by atoms with Gasteiger partial charge in [0.15, 0.2) is 0 Å². The maximum Gasteiger partial charge on any atom is 0.269 e. The number of anilines is 1. The van der Waals surface area contributed by atoms with E-state index in [2.05, 4.69) is 40.9 Å². The molecule has 4 fully saturated rings. The Morgan fingerprint density at radius 3 is 2.35 bits per heavy atom. The highest BCUT2D eigenvalue weighted by Gasteiger charge is 2.61. The zero-order valence-electron chi connectivity index (χ0n) is 16.6. The van der Waals surface area contributed by atoms with E-state index in [4.69, 9.17) is 0 Å². The zero-order valence-corrected chi connectivity index (χ0v) is 16.6. The molecule has 5 nitrogen and oxygen atoms in total. The number of amides is 1. The fourth-order valence-corrected chi connectivity index (χ4v) is 5.44. The summed E-state index contributed by atoms with van der Waals surface area (Å²) in [6.45, 7) is 11.7. The van der Waals surface area contributed by atoms with Gasteiger partial charge in [0.05, 0.1) is 11.9 Å². The minimum Gasteiger partial charge on any atom is -0.368 e. The van der Waals surface area contributed by atoms with Crippen molar-refractivity contribution in [1.29, 1.82) is 0 Å². The summed E-state index contributed by atoms with van der Waals surface area (Å²) in [5.74, 6) is 0.795. The summed E-state index contributed by atoms with van der Waals surface area (Å²) in [7, 11) is 1.63. The highest BCUT2D eigenvalue weighted by Crippen LogP contribution is 2.67. The maximum absolute atomic E-state index is 11.6. The molecule has 26 heavy (non-hydrogen) atoms. The summed E-state index contributed by atoms with van der Waals surface area (Å²) in [5, 5.41) is 2.62. The molecule has 1 aliphatic heterocycles. The van der Waals surface area contributed by atoms with Crippen molar-refractivity contribution in [3.8, 4) is 0 Å². The van der Waals surface area contributed by atoms with E-state index in [1.165, 1.54) is 19.3 Å². The van der Waals surface area contributed by atoms with Crippen molar-refractivity contribution in [1.82, 2.24) is 15.2 Å². The number of carbonyl (C=O) groups is 1. The Morgan fingerprint density at radius 1 is 1.15 bits per heavy atom. The third-order valence-electron chi connectivity index (χ3n) is 7.40. The van der Waals surface area contributed by atoms with Gasteiger partial charge in [-0.3, -0.25) is 9.69 Å². The SMILES string of the molecule is CNC(=O)c1ccc(N2CCN(C3CC4(C(C)(C)C)CC3C4)CC2)cn1. The average molecular weight is 357 g/mol. The van der Waals surface area contributed by atoms with E-state index >= 15 is 0 Å². The summed E-state index contributed by atoms with van der Waals surface area (Å²) in [5.41, 5.74) is 2.64. The number of hydrogen-bond acceptors (Lipinski definition) is 4. The van der Waals surface area contributed by atoms with E-state index in [1.54, 1.807) is 7.05 Å². The van der Waals surface area contributed by atoms with Crippen LogP contribution in [-0.4, -0.2) is 55.1 Å². The number of fused-ring (bicyclic) bond motifs is 1. The molecule has 1 N–H and O–H groups in total. The van der Waals surface area contributed by atoms with Crippen molar-refractivity contribution in [2.45, 2.75) is 46.1 Å². The Bertz CT molecular complexity index is 664. The molecule has 1 atom stereocenters. The van der Waals surface area contributed by atoms with E-state index in [1.807, 2.05) is 18.3 Å². The van der Waals surface area contributed by atoms with Gasteiger partial charge < -0.3 is 10.2 Å². The van der Waals surface area contributed by atoms with Crippen LogP contribution in [0.4, 0.5) is 5.69 Å². The van der Waals surface area contributed by atoms with Crippen molar-refractivity contribution >= 4 is 11.6 Å². The van der Waals surface area contributed by atoms with Crippen molar-refractivity contribution in [3.05, 3.63) is 24.0 Å². The van der Waals surface area contributed by atoms with Gasteiger partial charge in [0.1, 0.15) is 5.69 Å². The van der Waals surface area contributed by atoms with Crippen LogP contribution in [-0.2, 0) is 0 Å². The Morgan fingerprint density at radius 2 is 1.85 bits per heavy atom. The normalized spacial score (nSPS) is 31.6. The maximum atomic E-state index is 11.6. The van der Waals surface area contributed by atoms with Crippen molar-refractivity contribution < 1.29 is 4.79 Å². The summed E-state index contributed by atoms with van der Waals surface area (Å²) in [4.78, 5) is 21.1. The average Bonchev–Trinajstić information content (AvgIpc) is 3.18. The number of aromatic nitrogens is 1. The quantitative estimate of drug-likeness (QED) is 0.905. The Hall–Kier alpha value is -1.62. The van der Waals surface area contributed by atoms with Gasteiger partial charge in [0.2, 0.25) is 0 Å². The molecule has 5 heteroatoms. The van der Waals surface area contributed by atoms with Gasteiger partial charge in [0.25, 0.3) is 5.91 Å². The standard InChI is InChI=1S/C21H32N4O/c1-20(2,3)21-11-15(12-21)18(13-21)25-9-7-24(8-10-25)16-5-6-17(23-14-16)19(26)22-4/h5-6,14-15,18H,7-13H2,1-4H3,(H,22,26). The second-order valence-corrected chi connectivity index (χ2v) is 9.47. The summed E-state index contributed by atoms with van der Waals surface area (Å²) < 4.78 is 0. The number of pyridine rings is 1. The highest BCUT2D eigenvalue weighted by molar-refractivity contribution is 5.92. The van der Waals surface area contributed by atoms with Crippen LogP contribution in [0.1, 0.15) is 50.5 Å². The highest BCUT2D eigenvalue weighted by atomic mass is 16.1. The molecule has 2 bridgehead atoms. The number of nitrogens with one attached hydrogen (secondary N) is 1. The fraction of sp³-hybridized carbons (Fsp3) is 0.714. The van der Waals surface area contributed by atoms with Gasteiger partial charge in [-0.15, -0.1) is 0 Å². The molecule has 0 aromatic carbocycles. The second-order valence-electron chi connectivity index (χ2n) is 9.47. The van der Waals surface area contributed by atoms with Crippen LogP contribution in [0, 0.1) is 16.7 Å². The summed E-state index contributed by atoms with van der Waals surface area (Å²) in [6.07, 6.45) is 6.10. The van der Waals surface area contributed by atoms with Gasteiger partial charge in [-0.05, 0) is 48.1 Å². The van der Waals surface area contributed by atoms with E-state index < -0.39 is 0 Å². The first-order chi connectivity index (χ1) is 12.3. The van der Waals surface area contributed by atoms with Crippen LogP contribution in [0.15, 0.2) is 18.3 Å². The number of hydrogen-bond donors (Lipinski definition) is 1. The first-order valence-electron chi connectivity index (χ1n) is 10.0. The smallest absolute Gasteiger partial charge is 0.269 e. The molecule has 1 aromatic rings. The van der Waals surface area contributed by atoms with Crippen LogP contribution < -0.4 is 10.2 Å². The van der Waals surface area contributed by atoms with Crippen molar-refractivity contribution in [3.63, 3.8) is 0 Å². The number of nitrogens with zero attached hydrogens (tertiary/aromatic N) is 3. The van der Waals surface area contributed by atoms with Gasteiger partial charge >= 0.3 is 0 Å². The lowest BCUT2D eigenvalue weighted by Gasteiger charge is -2.49. The third-order valence-corrected chi connectivity index (χ3v) is 7.40. The minimum absolute atomic E-state index is 0.130. The first-order valence-corrected chi connectivity index (χ1v) is 10.0. The summed E-state index contributed by atoms with van der Waals surface area (Å²) >= 11 is 0. The molecule has 4 aliphatic rings. The van der Waals surface area contributed by atoms with Gasteiger partial charge in [-0.25, -0.2) is 4.98 Å². The predicted octanol–water partition coefficient (Wildman–Crippen LogP) is 2.78. The Labute approximate surface area is 157 Å². The van der Waals surface area contributed by atoms with E-state index in [0.717, 1.165) is 43.8 Å². The minimum atomic E-state index is -0.130. The predicted molar refractivity (Wildman–Crippen MR) is 104 cm³/mol. The lowest BCUT2D eigenvalue weighted by Crippen LogP contribution is -2.51. The molecule has 142 valence electrons. The lowest BCUT2D eigenvalue weighted by atomic mass is 9.56. The molecule has 1 saturated heterocycles. The van der Waals surface area contributed by atoms with Gasteiger partial charge in [0, 0.05) is 39.3 Å². The summed E-state index contributed by atoms with van der Waals surface area (Å²) in [6, 6.07) is 4.64. The first kappa shape index (κ1) is 17.8. The van der Waals surface area contributed by atoms with Crippen LogP contribution in [0.5, 0.6) is 0 Å². The molecular weight excluding hydrogens is 324 g/mol. The number of piperazine rings is 1. The number of rotatable bonds is 3.